The maximum atomic E-state index is 5.84. The Morgan fingerprint density at radius 3 is 2.61 bits per heavy atom. The zero-order chi connectivity index (χ0) is 21.0. The molecule has 6 nitrogen and oxygen atoms in total. The number of benzene rings is 1. The largest absolute Gasteiger partial charge is 0.473 e. The molecule has 170 valence electrons. The van der Waals surface area contributed by atoms with Gasteiger partial charge < -0.3 is 20.3 Å². The minimum Gasteiger partial charge on any atom is -0.473 e. The number of ether oxygens (including phenoxy) is 1. The van der Waals surface area contributed by atoms with E-state index in [4.69, 9.17) is 9.73 Å². The Labute approximate surface area is 203 Å². The van der Waals surface area contributed by atoms with Crippen LogP contribution >= 0.6 is 24.0 Å². The van der Waals surface area contributed by atoms with E-state index in [2.05, 4.69) is 46.5 Å². The minimum absolute atomic E-state index is 0. The molecule has 0 radical (unpaired) electrons. The molecule has 1 aromatic heterocycles. The molecule has 0 aliphatic carbocycles. The highest BCUT2D eigenvalue weighted by Gasteiger charge is 2.19. The highest BCUT2D eigenvalue weighted by Crippen LogP contribution is 2.13. The second kappa shape index (κ2) is 14.2. The van der Waals surface area contributed by atoms with Gasteiger partial charge in [-0.15, -0.1) is 24.0 Å². The summed E-state index contributed by atoms with van der Waals surface area (Å²) in [6, 6.07) is 14.6. The van der Waals surface area contributed by atoms with Gasteiger partial charge in [-0.2, -0.15) is 0 Å². The first-order valence-corrected chi connectivity index (χ1v) is 11.2. The number of aromatic nitrogens is 1. The molecule has 1 saturated heterocycles. The van der Waals surface area contributed by atoms with Gasteiger partial charge in [0.2, 0.25) is 5.88 Å². The van der Waals surface area contributed by atoms with Crippen molar-refractivity contribution < 1.29 is 4.74 Å². The summed E-state index contributed by atoms with van der Waals surface area (Å²) in [5, 5.41) is 6.99. The van der Waals surface area contributed by atoms with E-state index in [9.17, 15) is 0 Å². The number of rotatable bonds is 9. The Balaban J connectivity index is 0.00000341. The third-order valence-corrected chi connectivity index (χ3v) is 5.26. The number of nitrogens with zero attached hydrogens (tertiary/aromatic N) is 3. The molecule has 0 bridgehead atoms. The van der Waals surface area contributed by atoms with Crippen LogP contribution < -0.4 is 15.4 Å². The third kappa shape index (κ3) is 9.03. The van der Waals surface area contributed by atoms with Crippen molar-refractivity contribution in [2.24, 2.45) is 4.99 Å². The normalized spacial score (nSPS) is 15.2. The molecule has 31 heavy (non-hydrogen) atoms. The lowest BCUT2D eigenvalue weighted by atomic mass is 10.1. The molecule has 1 aromatic carbocycles. The number of piperidine rings is 1. The van der Waals surface area contributed by atoms with Gasteiger partial charge in [0.1, 0.15) is 6.61 Å². The van der Waals surface area contributed by atoms with Gasteiger partial charge in [0.25, 0.3) is 0 Å². The summed E-state index contributed by atoms with van der Waals surface area (Å²) in [5.74, 6) is 1.52. The first-order chi connectivity index (χ1) is 14.8. The quantitative estimate of drug-likeness (QED) is 0.285. The molecule has 0 unspecified atom stereocenters. The maximum absolute atomic E-state index is 5.84. The lowest BCUT2D eigenvalue weighted by molar-refractivity contribution is 0.206. The Morgan fingerprint density at radius 1 is 1.13 bits per heavy atom. The van der Waals surface area contributed by atoms with E-state index in [0.29, 0.717) is 25.1 Å². The van der Waals surface area contributed by atoms with E-state index in [1.807, 2.05) is 30.3 Å². The van der Waals surface area contributed by atoms with Crippen molar-refractivity contribution in [1.82, 2.24) is 20.5 Å². The molecule has 0 saturated carbocycles. The lowest BCUT2D eigenvalue weighted by Crippen LogP contribution is -2.48. The van der Waals surface area contributed by atoms with Gasteiger partial charge in [0.05, 0.1) is 6.54 Å². The zero-order valence-electron chi connectivity index (χ0n) is 18.7. The van der Waals surface area contributed by atoms with Gasteiger partial charge in [-0.1, -0.05) is 37.3 Å². The molecule has 7 heteroatoms. The molecule has 1 aliphatic heterocycles. The highest BCUT2D eigenvalue weighted by atomic mass is 127. The predicted molar refractivity (Wildman–Crippen MR) is 138 cm³/mol. The van der Waals surface area contributed by atoms with Crippen LogP contribution in [0.3, 0.4) is 0 Å². The van der Waals surface area contributed by atoms with Crippen LogP contribution in [-0.4, -0.2) is 48.1 Å². The van der Waals surface area contributed by atoms with E-state index in [1.165, 1.54) is 13.0 Å². The van der Waals surface area contributed by atoms with Crippen molar-refractivity contribution in [3.8, 4) is 5.88 Å². The average Bonchev–Trinajstić information content (AvgIpc) is 2.79. The minimum atomic E-state index is 0. The van der Waals surface area contributed by atoms with Gasteiger partial charge in [-0.3, -0.25) is 0 Å². The Bertz CT molecular complexity index is 779. The van der Waals surface area contributed by atoms with Crippen LogP contribution in [-0.2, 0) is 13.2 Å². The molecular formula is C24H36IN5O. The summed E-state index contributed by atoms with van der Waals surface area (Å²) >= 11 is 0. The van der Waals surface area contributed by atoms with Crippen LogP contribution in [0, 0.1) is 0 Å². The number of halogens is 1. The van der Waals surface area contributed by atoms with Crippen molar-refractivity contribution in [3.05, 3.63) is 59.8 Å². The molecule has 1 fully saturated rings. The van der Waals surface area contributed by atoms with Crippen molar-refractivity contribution >= 4 is 29.9 Å². The van der Waals surface area contributed by atoms with Crippen LogP contribution in [0.4, 0.5) is 0 Å². The predicted octanol–water partition coefficient (Wildman–Crippen LogP) is 4.21. The summed E-state index contributed by atoms with van der Waals surface area (Å²) in [5.41, 5.74) is 2.22. The van der Waals surface area contributed by atoms with E-state index in [-0.39, 0.29) is 24.0 Å². The van der Waals surface area contributed by atoms with Gasteiger partial charge in [0, 0.05) is 37.9 Å². The summed E-state index contributed by atoms with van der Waals surface area (Å²) < 4.78 is 5.84. The lowest BCUT2D eigenvalue weighted by Gasteiger charge is -2.32. The topological polar surface area (TPSA) is 61.8 Å². The monoisotopic (exact) mass is 537 g/mol. The fourth-order valence-electron chi connectivity index (χ4n) is 3.66. The number of hydrogen-bond donors (Lipinski definition) is 2. The van der Waals surface area contributed by atoms with Gasteiger partial charge in [-0.25, -0.2) is 9.98 Å². The van der Waals surface area contributed by atoms with E-state index < -0.39 is 0 Å². The molecule has 0 amide bonds. The van der Waals surface area contributed by atoms with Gasteiger partial charge >= 0.3 is 0 Å². The molecular weight excluding hydrogens is 501 g/mol. The van der Waals surface area contributed by atoms with Crippen LogP contribution in [0.25, 0.3) is 0 Å². The van der Waals surface area contributed by atoms with Crippen LogP contribution in [0.1, 0.15) is 44.2 Å². The third-order valence-electron chi connectivity index (χ3n) is 5.26. The van der Waals surface area contributed by atoms with Gasteiger partial charge in [-0.05, 0) is 49.9 Å². The second-order valence-electron chi connectivity index (χ2n) is 7.73. The molecule has 2 aromatic rings. The Kier molecular flexibility index (Phi) is 11.7. The molecule has 3 rings (SSSR count). The van der Waals surface area contributed by atoms with E-state index in [0.717, 1.165) is 49.6 Å². The molecule has 2 N–H and O–H groups in total. The Hall–Kier alpha value is -1.87. The zero-order valence-corrected chi connectivity index (χ0v) is 21.0. The number of pyridine rings is 1. The Morgan fingerprint density at radius 2 is 1.90 bits per heavy atom. The number of aliphatic imine (C=N–C) groups is 1. The van der Waals surface area contributed by atoms with Gasteiger partial charge in [0.15, 0.2) is 5.96 Å². The fraction of sp³-hybridized carbons (Fsp3) is 0.500. The van der Waals surface area contributed by atoms with E-state index in [1.54, 1.807) is 6.20 Å². The maximum Gasteiger partial charge on any atom is 0.213 e. The van der Waals surface area contributed by atoms with Crippen molar-refractivity contribution in [1.29, 1.82) is 0 Å². The van der Waals surface area contributed by atoms with Crippen LogP contribution in [0.5, 0.6) is 5.88 Å². The number of hydrogen-bond acceptors (Lipinski definition) is 4. The van der Waals surface area contributed by atoms with Crippen molar-refractivity contribution in [2.75, 3.05) is 26.2 Å². The van der Waals surface area contributed by atoms with Crippen molar-refractivity contribution in [2.45, 2.75) is 52.3 Å². The average molecular weight is 537 g/mol. The number of nitrogens with one attached hydrogen (secondary N) is 2. The number of guanidine groups is 1. The first kappa shape index (κ1) is 25.4. The van der Waals surface area contributed by atoms with E-state index >= 15 is 0 Å². The molecule has 1 aliphatic rings. The first-order valence-electron chi connectivity index (χ1n) is 11.2. The fourth-order valence-corrected chi connectivity index (χ4v) is 3.66. The van der Waals surface area contributed by atoms with Crippen LogP contribution in [0.2, 0.25) is 0 Å². The molecule has 0 atom stereocenters. The standard InChI is InChI=1S/C24H35N5O.HI/c1-3-14-29-15-11-22(12-16-29)28-24(25-4-2)27-18-21-10-13-26-23(17-21)30-19-20-8-6-5-7-9-20;/h5-10,13,17,22H,3-4,11-12,14-16,18-19H2,1-2H3,(H2,25,27,28);1H. The smallest absolute Gasteiger partial charge is 0.213 e. The summed E-state index contributed by atoms with van der Waals surface area (Å²) in [7, 11) is 0. The summed E-state index contributed by atoms with van der Waals surface area (Å²) in [6.07, 6.45) is 5.34. The number of likely N-dealkylation sites (tertiary alicyclic amines) is 1. The summed E-state index contributed by atoms with van der Waals surface area (Å²) in [6.45, 7) is 9.84. The van der Waals surface area contributed by atoms with Crippen LogP contribution in [0.15, 0.2) is 53.7 Å². The highest BCUT2D eigenvalue weighted by molar-refractivity contribution is 14.0. The molecule has 2 heterocycles. The summed E-state index contributed by atoms with van der Waals surface area (Å²) in [4.78, 5) is 11.7. The SMILES string of the molecule is CCCN1CCC(NC(=NCc2ccnc(OCc3ccccc3)c2)NCC)CC1.I. The molecule has 0 spiro atoms. The second-order valence-corrected chi connectivity index (χ2v) is 7.73. The van der Waals surface area contributed by atoms with Crippen molar-refractivity contribution in [3.63, 3.8) is 0 Å².